The van der Waals surface area contributed by atoms with E-state index in [4.69, 9.17) is 27.1 Å². The fourth-order valence-corrected chi connectivity index (χ4v) is 7.38. The summed E-state index contributed by atoms with van der Waals surface area (Å²) in [6.07, 6.45) is 2.17. The molecule has 5 N–H and O–H groups in total. The summed E-state index contributed by atoms with van der Waals surface area (Å²) in [4.78, 5) is 79.3. The third-order valence-corrected chi connectivity index (χ3v) is 10.4. The van der Waals surface area contributed by atoms with Crippen LogP contribution in [-0.4, -0.2) is 82.4 Å². The molecule has 2 aromatic carbocycles. The van der Waals surface area contributed by atoms with Crippen molar-refractivity contribution < 1.29 is 33.5 Å². The van der Waals surface area contributed by atoms with Crippen molar-refractivity contribution in [2.45, 2.75) is 65.0 Å². The number of aromatic nitrogens is 3. The van der Waals surface area contributed by atoms with Crippen molar-refractivity contribution in [2.75, 3.05) is 19.7 Å². The Hall–Kier alpha value is -5.74. The summed E-state index contributed by atoms with van der Waals surface area (Å²) >= 11 is 7.83. The fourth-order valence-electron chi connectivity index (χ4n) is 6.04. The summed E-state index contributed by atoms with van der Waals surface area (Å²) in [5.41, 5.74) is 8.86. The number of nitrogens with one attached hydrogen (secondary N) is 3. The number of hydrogen-bond donors (Lipinski definition) is 4. The normalized spacial score (nSPS) is 13.7. The van der Waals surface area contributed by atoms with Crippen molar-refractivity contribution in [1.82, 2.24) is 30.7 Å². The number of ether oxygens (including phenoxy) is 1. The second-order valence-corrected chi connectivity index (χ2v) is 14.5. The molecule has 1 aliphatic heterocycles. The number of carbonyl (C=O) groups excluding carboxylic acids is 6. The lowest BCUT2D eigenvalue weighted by Crippen LogP contribution is -2.44. The van der Waals surface area contributed by atoms with Gasteiger partial charge >= 0.3 is 0 Å². The fraction of sp³-hybridized carbons (Fsp3) is 0.342. The van der Waals surface area contributed by atoms with E-state index in [1.807, 2.05) is 35.8 Å². The number of benzene rings is 2. The molecule has 5 rings (SSSR count). The highest BCUT2D eigenvalue weighted by Gasteiger charge is 2.32. The summed E-state index contributed by atoms with van der Waals surface area (Å²) in [7, 11) is 0. The minimum atomic E-state index is -1.15. The highest BCUT2D eigenvalue weighted by molar-refractivity contribution is 7.15. The summed E-state index contributed by atoms with van der Waals surface area (Å²) in [5.74, 6) is -1.12. The molecule has 15 nitrogen and oxygen atoms in total. The number of amides is 4. The Kier molecular flexibility index (Phi) is 13.6. The van der Waals surface area contributed by atoms with Gasteiger partial charge in [-0.05, 0) is 63.8 Å². The van der Waals surface area contributed by atoms with E-state index in [0.29, 0.717) is 48.6 Å². The molecule has 0 fully saturated rings. The first-order valence-electron chi connectivity index (χ1n) is 17.6. The van der Waals surface area contributed by atoms with Crippen LogP contribution in [0, 0.1) is 20.8 Å². The minimum Gasteiger partial charge on any atom is -0.483 e. The maximum absolute atomic E-state index is 13.3. The standard InChI is InChI=1S/C38H41ClN8O7S/c1-21-22(2)55-38-32(21)34(24-11-13-26(39)14-12-24)43-28(36-46-45-23(3)47(36)38)18-30(50)41-15-4-5-16-42-31(51)20-54-29-10-6-8-25(19-49)33(29)37(53)44-27(35(40)52)9-7-17-48/h6,8,10-14,17,19,27-28H,4-5,7,9,15-16,18,20H2,1-3H3,(H2,40,52)(H,41,50)(H,42,51)(H,44,53). The van der Waals surface area contributed by atoms with Crippen LogP contribution in [0.4, 0.5) is 0 Å². The smallest absolute Gasteiger partial charge is 0.257 e. The lowest BCUT2D eigenvalue weighted by atomic mass is 9.99. The van der Waals surface area contributed by atoms with Crippen molar-refractivity contribution in [3.8, 4) is 10.8 Å². The number of fused-ring (bicyclic) bond motifs is 3. The van der Waals surface area contributed by atoms with Gasteiger partial charge in [-0.25, -0.2) is 0 Å². The molecule has 3 heterocycles. The first-order valence-corrected chi connectivity index (χ1v) is 18.8. The van der Waals surface area contributed by atoms with Crippen molar-refractivity contribution in [1.29, 1.82) is 0 Å². The molecule has 0 aliphatic carbocycles. The van der Waals surface area contributed by atoms with Crippen molar-refractivity contribution in [3.63, 3.8) is 0 Å². The predicted molar refractivity (Wildman–Crippen MR) is 206 cm³/mol. The molecule has 0 radical (unpaired) electrons. The van der Waals surface area contributed by atoms with E-state index in [9.17, 15) is 28.8 Å². The molecule has 2 unspecified atom stereocenters. The van der Waals surface area contributed by atoms with Gasteiger partial charge in [0.15, 0.2) is 18.7 Å². The molecule has 4 amide bonds. The maximum atomic E-state index is 13.3. The third-order valence-electron chi connectivity index (χ3n) is 8.98. The van der Waals surface area contributed by atoms with Gasteiger partial charge in [0.05, 0.1) is 17.7 Å². The van der Waals surface area contributed by atoms with E-state index in [2.05, 4.69) is 40.0 Å². The number of nitrogens with two attached hydrogens (primary N) is 1. The Bertz CT molecular complexity index is 2130. The van der Waals surface area contributed by atoms with Gasteiger partial charge < -0.3 is 31.2 Å². The van der Waals surface area contributed by atoms with E-state index < -0.39 is 36.4 Å². The molecular weight excluding hydrogens is 748 g/mol. The van der Waals surface area contributed by atoms with Crippen LogP contribution >= 0.6 is 22.9 Å². The molecule has 0 saturated heterocycles. The molecule has 1 aliphatic rings. The zero-order chi connectivity index (χ0) is 39.6. The first-order chi connectivity index (χ1) is 26.4. The van der Waals surface area contributed by atoms with Crippen LogP contribution in [-0.2, 0) is 19.2 Å². The monoisotopic (exact) mass is 788 g/mol. The quantitative estimate of drug-likeness (QED) is 0.0854. The molecule has 288 valence electrons. The zero-order valence-corrected chi connectivity index (χ0v) is 32.1. The number of unbranched alkanes of at least 4 members (excludes halogenated alkanes) is 1. The van der Waals surface area contributed by atoms with E-state index in [1.165, 1.54) is 18.2 Å². The largest absolute Gasteiger partial charge is 0.483 e. The van der Waals surface area contributed by atoms with Gasteiger partial charge in [0.1, 0.15) is 34.9 Å². The topological polar surface area (TPSA) is 217 Å². The van der Waals surface area contributed by atoms with E-state index in [1.54, 1.807) is 11.3 Å². The summed E-state index contributed by atoms with van der Waals surface area (Å²) in [6.45, 7) is 6.20. The Morgan fingerprint density at radius 2 is 1.71 bits per heavy atom. The number of carbonyl (C=O) groups is 6. The molecule has 55 heavy (non-hydrogen) atoms. The molecule has 2 atom stereocenters. The Balaban J connectivity index is 1.13. The van der Waals surface area contributed by atoms with Gasteiger partial charge in [0, 0.05) is 46.1 Å². The molecule has 2 aromatic heterocycles. The van der Waals surface area contributed by atoms with Gasteiger partial charge in [-0.1, -0.05) is 35.9 Å². The molecule has 4 aromatic rings. The van der Waals surface area contributed by atoms with Crippen LogP contribution in [0.5, 0.6) is 5.75 Å². The van der Waals surface area contributed by atoms with Crippen molar-refractivity contribution >= 4 is 64.9 Å². The Morgan fingerprint density at radius 1 is 1.00 bits per heavy atom. The number of aliphatic imine (C=N–C) groups is 1. The second-order valence-electron chi connectivity index (χ2n) is 12.8. The number of halogens is 1. The Morgan fingerprint density at radius 3 is 2.38 bits per heavy atom. The molecule has 17 heteroatoms. The number of primary amides is 1. The number of aldehydes is 2. The van der Waals surface area contributed by atoms with Gasteiger partial charge in [-0.2, -0.15) is 0 Å². The average Bonchev–Trinajstić information content (AvgIpc) is 3.65. The van der Waals surface area contributed by atoms with Gasteiger partial charge in [-0.3, -0.25) is 33.5 Å². The van der Waals surface area contributed by atoms with E-state index in [0.717, 1.165) is 32.3 Å². The first kappa shape index (κ1) is 40.4. The average molecular weight is 789 g/mol. The van der Waals surface area contributed by atoms with Crippen LogP contribution in [0.25, 0.3) is 5.00 Å². The maximum Gasteiger partial charge on any atom is 0.257 e. The summed E-state index contributed by atoms with van der Waals surface area (Å²) < 4.78 is 7.57. The molecule has 0 saturated carbocycles. The van der Waals surface area contributed by atoms with Crippen molar-refractivity contribution in [3.05, 3.63) is 91.8 Å². The minimum absolute atomic E-state index is 0.0117. The summed E-state index contributed by atoms with van der Waals surface area (Å²) in [6, 6.07) is 10.00. The second kappa shape index (κ2) is 18.5. The lowest BCUT2D eigenvalue weighted by molar-refractivity contribution is -0.123. The number of nitrogens with zero attached hydrogens (tertiary/aromatic N) is 4. The number of thiophene rings is 1. The van der Waals surface area contributed by atoms with Crippen LogP contribution in [0.3, 0.4) is 0 Å². The third kappa shape index (κ3) is 9.69. The molecular formula is C38H41ClN8O7S. The molecule has 0 bridgehead atoms. The highest BCUT2D eigenvalue weighted by Crippen LogP contribution is 2.39. The lowest BCUT2D eigenvalue weighted by Gasteiger charge is -2.17. The highest BCUT2D eigenvalue weighted by atomic mass is 35.5. The van der Waals surface area contributed by atoms with Gasteiger partial charge in [0.25, 0.3) is 11.8 Å². The van der Waals surface area contributed by atoms with E-state index in [-0.39, 0.29) is 48.6 Å². The van der Waals surface area contributed by atoms with Crippen LogP contribution in [0.1, 0.15) is 92.1 Å². The van der Waals surface area contributed by atoms with Crippen LogP contribution in [0.2, 0.25) is 5.02 Å². The number of aryl methyl sites for hydroxylation is 2. The predicted octanol–water partition coefficient (Wildman–Crippen LogP) is 3.66. The SMILES string of the molecule is Cc1sc2c(c1C)C(c1ccc(Cl)cc1)=NC(CC(=O)NCCCCNC(=O)COc1cccc(C=O)c1C(=O)NC(CCC=O)C(N)=O)c1nnc(C)n1-2. The Labute approximate surface area is 326 Å². The summed E-state index contributed by atoms with van der Waals surface area (Å²) in [5, 5.41) is 18.4. The van der Waals surface area contributed by atoms with Gasteiger partial charge in [0.2, 0.25) is 11.8 Å². The van der Waals surface area contributed by atoms with Crippen molar-refractivity contribution in [2.24, 2.45) is 10.7 Å². The number of rotatable bonds is 18. The molecule has 0 spiro atoms. The van der Waals surface area contributed by atoms with Crippen LogP contribution in [0.15, 0.2) is 47.5 Å². The van der Waals surface area contributed by atoms with E-state index >= 15 is 0 Å². The van der Waals surface area contributed by atoms with Crippen LogP contribution < -0.4 is 26.4 Å². The van der Waals surface area contributed by atoms with Gasteiger partial charge in [-0.15, -0.1) is 21.5 Å². The number of hydrogen-bond acceptors (Lipinski definition) is 11. The zero-order valence-electron chi connectivity index (χ0n) is 30.5.